The van der Waals surface area contributed by atoms with Gasteiger partial charge in [0.05, 0.1) is 0 Å². The Balaban J connectivity index is 2.06. The van der Waals surface area contributed by atoms with Crippen LogP contribution < -0.4 is 5.32 Å². The van der Waals surface area contributed by atoms with Crippen LogP contribution in [0.15, 0.2) is 34.1 Å². The topological polar surface area (TPSA) is 42.0 Å². The Morgan fingerprint density at radius 3 is 2.79 bits per heavy atom. The van der Waals surface area contributed by atoms with Crippen LogP contribution in [0.5, 0.6) is 0 Å². The summed E-state index contributed by atoms with van der Waals surface area (Å²) in [5, 5.41) is 5.54. The van der Waals surface area contributed by atoms with Gasteiger partial charge in [-0.1, -0.05) is 41.4 Å². The molecule has 0 atom stereocenters. The summed E-state index contributed by atoms with van der Waals surface area (Å²) in [6.45, 7) is 2.81. The number of carbonyl (C=O) groups is 1. The van der Waals surface area contributed by atoms with Crippen molar-refractivity contribution in [2.45, 2.75) is 19.8 Å². The van der Waals surface area contributed by atoms with Crippen molar-refractivity contribution in [1.82, 2.24) is 10.3 Å². The number of halogens is 1. The van der Waals surface area contributed by atoms with Gasteiger partial charge in [0.2, 0.25) is 0 Å². The van der Waals surface area contributed by atoms with Crippen molar-refractivity contribution in [3.63, 3.8) is 0 Å². The third kappa shape index (κ3) is 3.88. The van der Waals surface area contributed by atoms with Crippen LogP contribution in [0.3, 0.4) is 0 Å². The number of thiazole rings is 1. The Morgan fingerprint density at radius 1 is 1.37 bits per heavy atom. The zero-order chi connectivity index (χ0) is 13.7. The molecule has 3 nitrogen and oxygen atoms in total. The van der Waals surface area contributed by atoms with E-state index in [1.807, 2.05) is 24.3 Å². The molecule has 1 heterocycles. The fourth-order valence-electron chi connectivity index (χ4n) is 1.57. The second-order valence-electron chi connectivity index (χ2n) is 4.15. The van der Waals surface area contributed by atoms with Crippen LogP contribution in [0.1, 0.15) is 30.3 Å². The van der Waals surface area contributed by atoms with Crippen LogP contribution in [0.25, 0.3) is 10.6 Å². The van der Waals surface area contributed by atoms with E-state index in [1.54, 1.807) is 5.38 Å². The number of hydrogen-bond acceptors (Lipinski definition) is 3. The number of nitrogens with zero attached hydrogens (tertiary/aromatic N) is 1. The fourth-order valence-corrected chi connectivity index (χ4v) is 2.64. The second-order valence-corrected chi connectivity index (χ2v) is 5.93. The molecule has 0 saturated heterocycles. The van der Waals surface area contributed by atoms with Gasteiger partial charge in [-0.15, -0.1) is 11.3 Å². The summed E-state index contributed by atoms with van der Waals surface area (Å²) in [5.41, 5.74) is 1.53. The van der Waals surface area contributed by atoms with E-state index in [0.717, 1.165) is 27.9 Å². The SMILES string of the molecule is CCCCNC(=O)c1csc(-c2ccc(Br)cc2)n1. The maximum Gasteiger partial charge on any atom is 0.270 e. The van der Waals surface area contributed by atoms with E-state index in [4.69, 9.17) is 0 Å². The quantitative estimate of drug-likeness (QED) is 0.833. The molecule has 0 aliphatic heterocycles. The summed E-state index contributed by atoms with van der Waals surface area (Å²) in [6.07, 6.45) is 2.07. The van der Waals surface area contributed by atoms with Gasteiger partial charge in [-0.3, -0.25) is 4.79 Å². The summed E-state index contributed by atoms with van der Waals surface area (Å²) >= 11 is 4.89. The van der Waals surface area contributed by atoms with Crippen LogP contribution in [0.2, 0.25) is 0 Å². The second kappa shape index (κ2) is 6.82. The Labute approximate surface area is 125 Å². The molecule has 1 N–H and O–H groups in total. The van der Waals surface area contributed by atoms with Crippen LogP contribution in [-0.2, 0) is 0 Å². The van der Waals surface area contributed by atoms with Gasteiger partial charge in [0.1, 0.15) is 10.7 Å². The number of amides is 1. The van der Waals surface area contributed by atoms with Gasteiger partial charge in [0, 0.05) is 22.0 Å². The monoisotopic (exact) mass is 338 g/mol. The average Bonchev–Trinajstić information content (AvgIpc) is 2.89. The molecule has 0 spiro atoms. The first-order chi connectivity index (χ1) is 9.20. The Hall–Kier alpha value is -1.20. The van der Waals surface area contributed by atoms with Gasteiger partial charge in [-0.05, 0) is 18.6 Å². The van der Waals surface area contributed by atoms with E-state index in [1.165, 1.54) is 11.3 Å². The zero-order valence-electron chi connectivity index (χ0n) is 10.6. The Kier molecular flexibility index (Phi) is 5.10. The third-order valence-electron chi connectivity index (χ3n) is 2.64. The normalized spacial score (nSPS) is 10.4. The van der Waals surface area contributed by atoms with Crippen molar-refractivity contribution in [1.29, 1.82) is 0 Å². The third-order valence-corrected chi connectivity index (χ3v) is 4.06. The van der Waals surface area contributed by atoms with Gasteiger partial charge in [-0.25, -0.2) is 4.98 Å². The fraction of sp³-hybridized carbons (Fsp3) is 0.286. The lowest BCUT2D eigenvalue weighted by Gasteiger charge is -2.00. The molecule has 0 fully saturated rings. The molecule has 0 saturated carbocycles. The average molecular weight is 339 g/mol. The van der Waals surface area contributed by atoms with E-state index < -0.39 is 0 Å². The van der Waals surface area contributed by atoms with Gasteiger partial charge < -0.3 is 5.32 Å². The maximum absolute atomic E-state index is 11.8. The lowest BCUT2D eigenvalue weighted by atomic mass is 10.2. The van der Waals surface area contributed by atoms with Crippen molar-refractivity contribution >= 4 is 33.2 Å². The minimum absolute atomic E-state index is 0.0898. The number of unbranched alkanes of at least 4 members (excludes halogenated alkanes) is 1. The van der Waals surface area contributed by atoms with Crippen LogP contribution >= 0.6 is 27.3 Å². The first-order valence-corrected chi connectivity index (χ1v) is 7.87. The highest BCUT2D eigenvalue weighted by Gasteiger charge is 2.11. The summed E-state index contributed by atoms with van der Waals surface area (Å²) in [7, 11) is 0. The van der Waals surface area contributed by atoms with Crippen molar-refractivity contribution in [3.8, 4) is 10.6 Å². The molecule has 1 amide bonds. The molecule has 19 heavy (non-hydrogen) atoms. The lowest BCUT2D eigenvalue weighted by molar-refractivity contribution is 0.0949. The molecule has 5 heteroatoms. The van der Waals surface area contributed by atoms with Crippen molar-refractivity contribution in [3.05, 3.63) is 39.8 Å². The lowest BCUT2D eigenvalue weighted by Crippen LogP contribution is -2.24. The number of aromatic nitrogens is 1. The Morgan fingerprint density at radius 2 is 2.11 bits per heavy atom. The molecule has 1 aromatic carbocycles. The highest BCUT2D eigenvalue weighted by Crippen LogP contribution is 2.25. The van der Waals surface area contributed by atoms with E-state index in [0.29, 0.717) is 12.2 Å². The van der Waals surface area contributed by atoms with E-state index in [-0.39, 0.29) is 5.91 Å². The summed E-state index contributed by atoms with van der Waals surface area (Å²) < 4.78 is 1.03. The van der Waals surface area contributed by atoms with Crippen LogP contribution in [-0.4, -0.2) is 17.4 Å². The summed E-state index contributed by atoms with van der Waals surface area (Å²) in [5.74, 6) is -0.0898. The number of nitrogens with one attached hydrogen (secondary N) is 1. The van der Waals surface area contributed by atoms with Crippen molar-refractivity contribution in [2.24, 2.45) is 0 Å². The minimum Gasteiger partial charge on any atom is -0.351 e. The predicted octanol–water partition coefficient (Wildman–Crippen LogP) is 4.10. The summed E-state index contributed by atoms with van der Waals surface area (Å²) in [6, 6.07) is 7.92. The van der Waals surface area contributed by atoms with E-state index >= 15 is 0 Å². The molecule has 2 aromatic rings. The van der Waals surface area contributed by atoms with Gasteiger partial charge in [0.15, 0.2) is 0 Å². The molecular formula is C14H15BrN2OS. The smallest absolute Gasteiger partial charge is 0.270 e. The molecule has 0 aliphatic rings. The van der Waals surface area contributed by atoms with Gasteiger partial charge in [0.25, 0.3) is 5.91 Å². The summed E-state index contributed by atoms with van der Waals surface area (Å²) in [4.78, 5) is 16.2. The van der Waals surface area contributed by atoms with Crippen molar-refractivity contribution in [2.75, 3.05) is 6.54 Å². The van der Waals surface area contributed by atoms with E-state index in [2.05, 4.69) is 33.2 Å². The minimum atomic E-state index is -0.0898. The van der Waals surface area contributed by atoms with Gasteiger partial charge >= 0.3 is 0 Å². The maximum atomic E-state index is 11.8. The molecule has 0 aliphatic carbocycles. The zero-order valence-corrected chi connectivity index (χ0v) is 13.1. The predicted molar refractivity (Wildman–Crippen MR) is 82.5 cm³/mol. The van der Waals surface area contributed by atoms with Gasteiger partial charge in [-0.2, -0.15) is 0 Å². The highest BCUT2D eigenvalue weighted by atomic mass is 79.9. The largest absolute Gasteiger partial charge is 0.351 e. The van der Waals surface area contributed by atoms with Crippen LogP contribution in [0, 0.1) is 0 Å². The molecule has 1 aromatic heterocycles. The standard InChI is InChI=1S/C14H15BrN2OS/c1-2-3-8-16-13(18)12-9-19-14(17-12)10-4-6-11(15)7-5-10/h4-7,9H,2-3,8H2,1H3,(H,16,18). The Bertz CT molecular complexity index is 551. The molecule has 0 bridgehead atoms. The highest BCUT2D eigenvalue weighted by molar-refractivity contribution is 9.10. The number of benzene rings is 1. The first-order valence-electron chi connectivity index (χ1n) is 6.20. The molecule has 0 radical (unpaired) electrons. The van der Waals surface area contributed by atoms with E-state index in [9.17, 15) is 4.79 Å². The van der Waals surface area contributed by atoms with Crippen molar-refractivity contribution < 1.29 is 4.79 Å². The van der Waals surface area contributed by atoms with Crippen LogP contribution in [0.4, 0.5) is 0 Å². The number of rotatable bonds is 5. The first kappa shape index (κ1) is 14.2. The molecular weight excluding hydrogens is 324 g/mol. The number of carbonyl (C=O) groups excluding carboxylic acids is 1. The molecule has 2 rings (SSSR count). The molecule has 100 valence electrons. The molecule has 0 unspecified atom stereocenters. The number of hydrogen-bond donors (Lipinski definition) is 1.